The van der Waals surface area contributed by atoms with Gasteiger partial charge in [-0.2, -0.15) is 0 Å². The lowest BCUT2D eigenvalue weighted by Gasteiger charge is -2.44. The van der Waals surface area contributed by atoms with Crippen LogP contribution in [0, 0.1) is 6.92 Å². The van der Waals surface area contributed by atoms with Gasteiger partial charge in [0.15, 0.2) is 5.69 Å². The minimum absolute atomic E-state index is 0.0225. The molecule has 0 radical (unpaired) electrons. The first-order valence-corrected chi connectivity index (χ1v) is 11.8. The number of imidazole rings is 1. The lowest BCUT2D eigenvalue weighted by Crippen LogP contribution is -2.64. The highest BCUT2D eigenvalue weighted by Crippen LogP contribution is 2.38. The quantitative estimate of drug-likeness (QED) is 0.548. The summed E-state index contributed by atoms with van der Waals surface area (Å²) in [5.41, 5.74) is 2.05. The first-order chi connectivity index (χ1) is 16.9. The van der Waals surface area contributed by atoms with Crippen molar-refractivity contribution in [2.75, 3.05) is 0 Å². The molecule has 0 bridgehead atoms. The number of fused-ring (bicyclic) bond motifs is 1. The van der Waals surface area contributed by atoms with Crippen LogP contribution in [0.25, 0.3) is 0 Å². The molecule has 3 heterocycles. The number of nitrogens with zero attached hydrogens (tertiary/aromatic N) is 4. The van der Waals surface area contributed by atoms with Gasteiger partial charge >= 0.3 is 0 Å². The minimum Gasteiger partial charge on any atom is -0.350 e. The number of hydrogen-bond acceptors (Lipinski definition) is 5. The molecule has 0 saturated heterocycles. The summed E-state index contributed by atoms with van der Waals surface area (Å²) in [5, 5.41) is 5.80. The second-order valence-electron chi connectivity index (χ2n) is 9.42. The molecule has 2 aromatic heterocycles. The molecule has 0 unspecified atom stereocenters. The number of rotatable bonds is 7. The molecular formula is C26H28N6O3. The Hall–Kier alpha value is -4.01. The summed E-state index contributed by atoms with van der Waals surface area (Å²) < 4.78 is 1.63. The molecule has 2 N–H and O–H groups in total. The Morgan fingerprint density at radius 3 is 2.51 bits per heavy atom. The Kier molecular flexibility index (Phi) is 5.84. The monoisotopic (exact) mass is 472 g/mol. The normalized spacial score (nSPS) is 19.3. The van der Waals surface area contributed by atoms with Crippen LogP contribution in [0.4, 0.5) is 0 Å². The Labute approximate surface area is 203 Å². The number of carbonyl (C=O) groups is 3. The van der Waals surface area contributed by atoms with E-state index in [-0.39, 0.29) is 42.3 Å². The van der Waals surface area contributed by atoms with Crippen LogP contribution in [-0.4, -0.2) is 48.7 Å². The summed E-state index contributed by atoms with van der Waals surface area (Å²) in [6.07, 6.45) is 4.80. The SMILES string of the molecule is Cc1ccc(CNC(=O)[C@]2(C)Cn3cnc(C(=O)NCc4ccccn4)c3C(=O)N2C2CC2)cc1. The summed E-state index contributed by atoms with van der Waals surface area (Å²) in [7, 11) is 0. The molecule has 1 atom stereocenters. The van der Waals surface area contributed by atoms with Gasteiger partial charge in [0.25, 0.3) is 11.8 Å². The van der Waals surface area contributed by atoms with Gasteiger partial charge in [0.1, 0.15) is 11.2 Å². The number of hydrogen-bond donors (Lipinski definition) is 2. The number of benzene rings is 1. The maximum atomic E-state index is 13.7. The predicted octanol–water partition coefficient (Wildman–Crippen LogP) is 2.21. The Morgan fingerprint density at radius 1 is 1.06 bits per heavy atom. The Balaban J connectivity index is 1.36. The Bertz CT molecular complexity index is 1270. The molecule has 1 aliphatic carbocycles. The van der Waals surface area contributed by atoms with E-state index in [2.05, 4.69) is 20.6 Å². The molecule has 0 spiro atoms. The van der Waals surface area contributed by atoms with E-state index in [1.165, 1.54) is 6.33 Å². The van der Waals surface area contributed by atoms with Gasteiger partial charge in [0.2, 0.25) is 5.91 Å². The van der Waals surface area contributed by atoms with Gasteiger partial charge in [-0.1, -0.05) is 35.9 Å². The van der Waals surface area contributed by atoms with E-state index in [4.69, 9.17) is 0 Å². The second-order valence-corrected chi connectivity index (χ2v) is 9.42. The molecule has 1 fully saturated rings. The van der Waals surface area contributed by atoms with Crippen LogP contribution in [-0.2, 0) is 24.4 Å². The van der Waals surface area contributed by atoms with E-state index in [1.54, 1.807) is 28.7 Å². The fraction of sp³-hybridized carbons (Fsp3) is 0.346. The Morgan fingerprint density at radius 2 is 1.83 bits per heavy atom. The zero-order valence-corrected chi connectivity index (χ0v) is 19.8. The number of aryl methyl sites for hydroxylation is 1. The smallest absolute Gasteiger partial charge is 0.274 e. The van der Waals surface area contributed by atoms with Crippen molar-refractivity contribution in [2.45, 2.75) is 57.9 Å². The molecule has 9 heteroatoms. The maximum Gasteiger partial charge on any atom is 0.274 e. The summed E-state index contributed by atoms with van der Waals surface area (Å²) >= 11 is 0. The van der Waals surface area contributed by atoms with Gasteiger partial charge in [0.05, 0.1) is 25.1 Å². The summed E-state index contributed by atoms with van der Waals surface area (Å²) in [5.74, 6) is -1.01. The van der Waals surface area contributed by atoms with Crippen molar-refractivity contribution in [1.82, 2.24) is 30.1 Å². The van der Waals surface area contributed by atoms with Gasteiger partial charge in [-0.15, -0.1) is 0 Å². The van der Waals surface area contributed by atoms with Crippen LogP contribution in [0.1, 0.15) is 57.6 Å². The minimum atomic E-state index is -1.08. The molecule has 5 rings (SSSR count). The lowest BCUT2D eigenvalue weighted by molar-refractivity contribution is -0.133. The molecule has 2 aliphatic rings. The topological polar surface area (TPSA) is 109 Å². The van der Waals surface area contributed by atoms with Crippen LogP contribution in [0.2, 0.25) is 0 Å². The molecule has 35 heavy (non-hydrogen) atoms. The molecular weight excluding hydrogens is 444 g/mol. The van der Waals surface area contributed by atoms with Crippen molar-refractivity contribution in [3.63, 3.8) is 0 Å². The van der Waals surface area contributed by atoms with E-state index in [0.717, 1.165) is 24.0 Å². The third kappa shape index (κ3) is 4.41. The lowest BCUT2D eigenvalue weighted by atomic mass is 9.93. The molecule has 1 aliphatic heterocycles. The largest absolute Gasteiger partial charge is 0.350 e. The first-order valence-electron chi connectivity index (χ1n) is 11.8. The highest BCUT2D eigenvalue weighted by Gasteiger charge is 2.53. The van der Waals surface area contributed by atoms with Gasteiger partial charge in [-0.3, -0.25) is 19.4 Å². The van der Waals surface area contributed by atoms with E-state index in [9.17, 15) is 14.4 Å². The van der Waals surface area contributed by atoms with E-state index < -0.39 is 11.4 Å². The summed E-state index contributed by atoms with van der Waals surface area (Å²) in [6.45, 7) is 4.63. The van der Waals surface area contributed by atoms with Crippen LogP contribution >= 0.6 is 0 Å². The number of nitrogens with one attached hydrogen (secondary N) is 2. The predicted molar refractivity (Wildman–Crippen MR) is 128 cm³/mol. The van der Waals surface area contributed by atoms with Gasteiger partial charge in [-0.05, 0) is 44.4 Å². The zero-order valence-electron chi connectivity index (χ0n) is 19.8. The van der Waals surface area contributed by atoms with Crippen molar-refractivity contribution < 1.29 is 14.4 Å². The van der Waals surface area contributed by atoms with Crippen LogP contribution < -0.4 is 10.6 Å². The highest BCUT2D eigenvalue weighted by molar-refractivity contribution is 6.07. The van der Waals surface area contributed by atoms with E-state index in [0.29, 0.717) is 12.2 Å². The third-order valence-electron chi connectivity index (χ3n) is 6.62. The molecule has 1 aromatic carbocycles. The molecule has 1 saturated carbocycles. The average molecular weight is 473 g/mol. The average Bonchev–Trinajstić information content (AvgIpc) is 3.60. The van der Waals surface area contributed by atoms with Crippen molar-refractivity contribution in [1.29, 1.82) is 0 Å². The first kappa shape index (κ1) is 22.8. The number of carbonyl (C=O) groups excluding carboxylic acids is 3. The third-order valence-corrected chi connectivity index (χ3v) is 6.62. The van der Waals surface area contributed by atoms with Gasteiger partial charge in [0, 0.05) is 18.8 Å². The van der Waals surface area contributed by atoms with Crippen molar-refractivity contribution in [3.8, 4) is 0 Å². The fourth-order valence-electron chi connectivity index (χ4n) is 4.56. The van der Waals surface area contributed by atoms with Crippen LogP contribution in [0.15, 0.2) is 55.0 Å². The number of amides is 3. The molecule has 3 aromatic rings. The second kappa shape index (κ2) is 8.98. The van der Waals surface area contributed by atoms with Crippen LogP contribution in [0.5, 0.6) is 0 Å². The van der Waals surface area contributed by atoms with Gasteiger partial charge < -0.3 is 20.1 Å². The van der Waals surface area contributed by atoms with Crippen LogP contribution in [0.3, 0.4) is 0 Å². The summed E-state index contributed by atoms with van der Waals surface area (Å²) in [6, 6.07) is 13.4. The molecule has 180 valence electrons. The highest BCUT2D eigenvalue weighted by atomic mass is 16.2. The zero-order chi connectivity index (χ0) is 24.6. The molecule has 3 amide bonds. The number of pyridine rings is 1. The molecule has 9 nitrogen and oxygen atoms in total. The summed E-state index contributed by atoms with van der Waals surface area (Å²) in [4.78, 5) is 50.1. The van der Waals surface area contributed by atoms with Gasteiger partial charge in [-0.25, -0.2) is 4.98 Å². The maximum absolute atomic E-state index is 13.7. The number of aromatic nitrogens is 3. The fourth-order valence-corrected chi connectivity index (χ4v) is 4.56. The van der Waals surface area contributed by atoms with Crippen molar-refractivity contribution in [3.05, 3.63) is 83.2 Å². The van der Waals surface area contributed by atoms with Crippen molar-refractivity contribution in [2.24, 2.45) is 0 Å². The van der Waals surface area contributed by atoms with E-state index in [1.807, 2.05) is 43.3 Å². The van der Waals surface area contributed by atoms with E-state index >= 15 is 0 Å². The standard InChI is InChI=1S/C26H28N6O3/c1-17-6-8-18(9-7-17)13-29-25(35)26(2)15-31-16-30-21(22(31)24(34)32(26)20-10-11-20)23(33)28-14-19-5-3-4-12-27-19/h3-9,12,16,20H,10-11,13-15H2,1-2H3,(H,28,33)(H,29,35)/t26-/m0/s1. The van der Waals surface area contributed by atoms with Crippen molar-refractivity contribution >= 4 is 17.7 Å².